The second-order valence-electron chi connectivity index (χ2n) is 8.12. The van der Waals surface area contributed by atoms with Crippen molar-refractivity contribution in [3.05, 3.63) is 34.9 Å². The first-order valence-corrected chi connectivity index (χ1v) is 10.4. The average Bonchev–Trinajstić information content (AvgIpc) is 2.62. The number of amides is 1. The number of carbonyl (C=O) groups excluding carboxylic acids is 1. The second-order valence-corrected chi connectivity index (χ2v) is 8.56. The van der Waals surface area contributed by atoms with E-state index in [1.807, 2.05) is 12.1 Å². The van der Waals surface area contributed by atoms with Crippen LogP contribution in [-0.2, 0) is 11.3 Å². The van der Waals surface area contributed by atoms with Crippen molar-refractivity contribution in [2.24, 2.45) is 11.8 Å². The minimum absolute atomic E-state index is 0.196. The molecule has 3 atom stereocenters. The van der Waals surface area contributed by atoms with Crippen molar-refractivity contribution in [3.63, 3.8) is 0 Å². The van der Waals surface area contributed by atoms with Gasteiger partial charge in [0.25, 0.3) is 0 Å². The third-order valence-corrected chi connectivity index (χ3v) is 6.46. The Morgan fingerprint density at radius 1 is 1.08 bits per heavy atom. The zero-order valence-corrected chi connectivity index (χ0v) is 16.8. The van der Waals surface area contributed by atoms with Crippen molar-refractivity contribution in [1.82, 2.24) is 15.1 Å². The van der Waals surface area contributed by atoms with Crippen LogP contribution in [-0.4, -0.2) is 54.5 Å². The lowest BCUT2D eigenvalue weighted by Crippen LogP contribution is -2.51. The molecule has 2 fully saturated rings. The summed E-state index contributed by atoms with van der Waals surface area (Å²) in [5, 5.41) is 4.08. The number of rotatable bonds is 5. The molecule has 4 nitrogen and oxygen atoms in total. The Morgan fingerprint density at radius 2 is 1.73 bits per heavy atom. The van der Waals surface area contributed by atoms with Crippen LogP contribution in [0, 0.1) is 11.8 Å². The van der Waals surface area contributed by atoms with Gasteiger partial charge in [-0.25, -0.2) is 0 Å². The van der Waals surface area contributed by atoms with Gasteiger partial charge >= 0.3 is 0 Å². The molecule has 1 heterocycles. The Balaban J connectivity index is 1.39. The summed E-state index contributed by atoms with van der Waals surface area (Å²) in [5.41, 5.74) is 1.29. The molecule has 0 bridgehead atoms. The summed E-state index contributed by atoms with van der Waals surface area (Å²) >= 11 is 5.95. The Bertz CT molecular complexity index is 583. The van der Waals surface area contributed by atoms with Crippen molar-refractivity contribution in [2.45, 2.75) is 45.7 Å². The highest BCUT2D eigenvalue weighted by molar-refractivity contribution is 6.30. The molecule has 1 saturated carbocycles. The monoisotopic (exact) mass is 377 g/mol. The third kappa shape index (κ3) is 5.45. The summed E-state index contributed by atoms with van der Waals surface area (Å²) in [6, 6.07) is 8.44. The molecule has 26 heavy (non-hydrogen) atoms. The predicted octanol–water partition coefficient (Wildman–Crippen LogP) is 3.40. The number of benzene rings is 1. The first kappa shape index (κ1) is 19.7. The summed E-state index contributed by atoms with van der Waals surface area (Å²) in [4.78, 5) is 17.2. The summed E-state index contributed by atoms with van der Waals surface area (Å²) in [5.74, 6) is 1.50. The number of carbonyl (C=O) groups is 1. The molecule has 1 amide bonds. The quantitative estimate of drug-likeness (QED) is 0.854. The maximum Gasteiger partial charge on any atom is 0.234 e. The van der Waals surface area contributed by atoms with Gasteiger partial charge in [0.15, 0.2) is 0 Å². The normalized spacial score (nSPS) is 28.0. The molecule has 144 valence electrons. The van der Waals surface area contributed by atoms with Crippen LogP contribution in [0.3, 0.4) is 0 Å². The molecule has 1 aromatic carbocycles. The number of nitrogens with one attached hydrogen (secondary N) is 1. The summed E-state index contributed by atoms with van der Waals surface area (Å²) in [6.45, 7) is 10.0. The van der Waals surface area contributed by atoms with E-state index in [4.69, 9.17) is 11.6 Å². The number of halogens is 1. The van der Waals surface area contributed by atoms with Crippen LogP contribution >= 0.6 is 11.6 Å². The summed E-state index contributed by atoms with van der Waals surface area (Å²) in [6.07, 6.45) is 3.66. The highest BCUT2D eigenvalue weighted by Gasteiger charge is 2.28. The van der Waals surface area contributed by atoms with Crippen LogP contribution in [0.4, 0.5) is 0 Å². The fourth-order valence-corrected chi connectivity index (χ4v) is 4.32. The van der Waals surface area contributed by atoms with Gasteiger partial charge in [-0.2, -0.15) is 0 Å². The highest BCUT2D eigenvalue weighted by Crippen LogP contribution is 2.29. The first-order chi connectivity index (χ1) is 12.5. The van der Waals surface area contributed by atoms with E-state index in [-0.39, 0.29) is 5.91 Å². The second kappa shape index (κ2) is 9.20. The van der Waals surface area contributed by atoms with Crippen LogP contribution in [0.5, 0.6) is 0 Å². The summed E-state index contributed by atoms with van der Waals surface area (Å²) in [7, 11) is 0. The minimum atomic E-state index is 0.196. The number of piperazine rings is 1. The van der Waals surface area contributed by atoms with Crippen LogP contribution in [0.25, 0.3) is 0 Å². The largest absolute Gasteiger partial charge is 0.352 e. The van der Waals surface area contributed by atoms with Crippen LogP contribution < -0.4 is 5.32 Å². The first-order valence-electron chi connectivity index (χ1n) is 10.00. The fraction of sp³-hybridized carbons (Fsp3) is 0.667. The van der Waals surface area contributed by atoms with E-state index in [0.717, 1.165) is 44.2 Å². The van der Waals surface area contributed by atoms with Gasteiger partial charge in [-0.3, -0.25) is 14.6 Å². The lowest BCUT2D eigenvalue weighted by molar-refractivity contribution is -0.124. The highest BCUT2D eigenvalue weighted by atomic mass is 35.5. The molecule has 0 spiro atoms. The number of nitrogens with zero attached hydrogens (tertiary/aromatic N) is 2. The molecule has 2 aliphatic rings. The van der Waals surface area contributed by atoms with Crippen molar-refractivity contribution in [2.75, 3.05) is 32.7 Å². The van der Waals surface area contributed by atoms with E-state index in [1.165, 1.54) is 18.4 Å². The molecule has 1 aliphatic heterocycles. The molecule has 0 radical (unpaired) electrons. The topological polar surface area (TPSA) is 35.6 Å². The number of hydrogen-bond donors (Lipinski definition) is 1. The molecule has 0 aromatic heterocycles. The van der Waals surface area contributed by atoms with Gasteiger partial charge in [0.05, 0.1) is 6.54 Å². The van der Waals surface area contributed by atoms with Gasteiger partial charge in [0, 0.05) is 43.8 Å². The summed E-state index contributed by atoms with van der Waals surface area (Å²) < 4.78 is 0. The number of hydrogen-bond acceptors (Lipinski definition) is 3. The molecular weight excluding hydrogens is 346 g/mol. The Labute approximate surface area is 162 Å². The van der Waals surface area contributed by atoms with Gasteiger partial charge in [-0.15, -0.1) is 0 Å². The standard InChI is InChI=1S/C21H32ClN3O/c1-16-4-3-5-20(17(16)2)23-21(26)15-25-12-10-24(11-13-25)14-18-6-8-19(22)9-7-18/h6-9,16-17,20H,3-5,10-15H2,1-2H3,(H,23,26)/t16-,17+,20+/m1/s1. The molecule has 1 saturated heterocycles. The van der Waals surface area contributed by atoms with Crippen molar-refractivity contribution in [1.29, 1.82) is 0 Å². The maximum atomic E-state index is 12.5. The van der Waals surface area contributed by atoms with E-state index in [1.54, 1.807) is 0 Å². The molecule has 3 rings (SSSR count). The fourth-order valence-electron chi connectivity index (χ4n) is 4.19. The Hall–Kier alpha value is -1.10. The van der Waals surface area contributed by atoms with Crippen LogP contribution in [0.2, 0.25) is 5.02 Å². The third-order valence-electron chi connectivity index (χ3n) is 6.20. The van der Waals surface area contributed by atoms with E-state index >= 15 is 0 Å². The molecule has 0 unspecified atom stereocenters. The van der Waals surface area contributed by atoms with E-state index in [2.05, 4.69) is 41.1 Å². The Kier molecular flexibility index (Phi) is 6.96. The lowest BCUT2D eigenvalue weighted by Gasteiger charge is -2.36. The molecule has 1 aliphatic carbocycles. The van der Waals surface area contributed by atoms with Crippen LogP contribution in [0.1, 0.15) is 38.7 Å². The zero-order chi connectivity index (χ0) is 18.5. The van der Waals surface area contributed by atoms with Crippen molar-refractivity contribution in [3.8, 4) is 0 Å². The van der Waals surface area contributed by atoms with Gasteiger partial charge in [-0.05, 0) is 36.0 Å². The van der Waals surface area contributed by atoms with E-state index < -0.39 is 0 Å². The SMILES string of the molecule is C[C@H]1[C@H](C)CCC[C@@H]1NC(=O)CN1CCN(Cc2ccc(Cl)cc2)CC1. The van der Waals surface area contributed by atoms with Gasteiger partial charge < -0.3 is 5.32 Å². The zero-order valence-electron chi connectivity index (χ0n) is 16.1. The van der Waals surface area contributed by atoms with E-state index in [0.29, 0.717) is 24.4 Å². The molecular formula is C21H32ClN3O. The smallest absolute Gasteiger partial charge is 0.234 e. The predicted molar refractivity (Wildman–Crippen MR) is 107 cm³/mol. The van der Waals surface area contributed by atoms with Crippen molar-refractivity contribution < 1.29 is 4.79 Å². The average molecular weight is 378 g/mol. The van der Waals surface area contributed by atoms with Crippen LogP contribution in [0.15, 0.2) is 24.3 Å². The van der Waals surface area contributed by atoms with E-state index in [9.17, 15) is 4.79 Å². The van der Waals surface area contributed by atoms with Gasteiger partial charge in [0.1, 0.15) is 0 Å². The molecule has 1 aromatic rings. The Morgan fingerprint density at radius 3 is 2.42 bits per heavy atom. The maximum absolute atomic E-state index is 12.5. The molecule has 5 heteroatoms. The lowest BCUT2D eigenvalue weighted by atomic mass is 9.78. The molecule has 1 N–H and O–H groups in total. The minimum Gasteiger partial charge on any atom is -0.352 e. The van der Waals surface area contributed by atoms with Gasteiger partial charge in [0.2, 0.25) is 5.91 Å². The van der Waals surface area contributed by atoms with Crippen molar-refractivity contribution >= 4 is 17.5 Å². The van der Waals surface area contributed by atoms with Gasteiger partial charge in [-0.1, -0.05) is 50.4 Å².